The molecule has 1 saturated heterocycles. The third-order valence-corrected chi connectivity index (χ3v) is 4.93. The monoisotopic (exact) mass is 382 g/mol. The molecule has 0 unspecified atom stereocenters. The average Bonchev–Trinajstić information content (AvgIpc) is 3.22. The van der Waals surface area contributed by atoms with Crippen molar-refractivity contribution in [3.8, 4) is 11.5 Å². The minimum absolute atomic E-state index is 0.0291. The SMILES string of the molecule is COc1ccc(NC(=O)[C@@H]2CCCN(c3ccc4nncn4n3)C2)c(OC)c1. The molecule has 1 fully saturated rings. The number of nitrogens with one attached hydrogen (secondary N) is 1. The fraction of sp³-hybridized carbons (Fsp3) is 0.368. The predicted molar refractivity (Wildman–Crippen MR) is 104 cm³/mol. The molecular formula is C19H22N6O3. The molecule has 1 aliphatic rings. The number of hydrogen-bond acceptors (Lipinski definition) is 7. The first kappa shape index (κ1) is 18.0. The van der Waals surface area contributed by atoms with Crippen LogP contribution in [0.4, 0.5) is 11.5 Å². The van der Waals surface area contributed by atoms with Crippen molar-refractivity contribution in [3.05, 3.63) is 36.7 Å². The van der Waals surface area contributed by atoms with Gasteiger partial charge < -0.3 is 19.7 Å². The second-order valence-corrected chi connectivity index (χ2v) is 6.67. The first-order valence-corrected chi connectivity index (χ1v) is 9.13. The molecule has 0 saturated carbocycles. The molecule has 3 heterocycles. The molecule has 9 heteroatoms. The number of nitrogens with zero attached hydrogens (tertiary/aromatic N) is 5. The Morgan fingerprint density at radius 1 is 1.21 bits per heavy atom. The summed E-state index contributed by atoms with van der Waals surface area (Å²) >= 11 is 0. The highest BCUT2D eigenvalue weighted by Gasteiger charge is 2.27. The molecule has 9 nitrogen and oxygen atoms in total. The molecule has 1 amide bonds. The standard InChI is InChI=1S/C19H22N6O3/c1-27-14-5-6-15(16(10-14)28-2)21-19(26)13-4-3-9-24(11-13)18-8-7-17-22-20-12-25(17)23-18/h5-8,10,12-13H,3-4,9,11H2,1-2H3,(H,21,26)/t13-/m1/s1. The molecule has 2 aromatic heterocycles. The van der Waals surface area contributed by atoms with Crippen LogP contribution >= 0.6 is 0 Å². The van der Waals surface area contributed by atoms with Gasteiger partial charge in [0, 0.05) is 19.2 Å². The van der Waals surface area contributed by atoms with E-state index < -0.39 is 0 Å². The van der Waals surface area contributed by atoms with Crippen molar-refractivity contribution >= 4 is 23.1 Å². The van der Waals surface area contributed by atoms with Crippen molar-refractivity contribution in [2.75, 3.05) is 37.5 Å². The fourth-order valence-electron chi connectivity index (χ4n) is 3.42. The number of hydrogen-bond donors (Lipinski definition) is 1. The molecule has 4 rings (SSSR count). The Labute approximate surface area is 162 Å². The second kappa shape index (κ2) is 7.71. The lowest BCUT2D eigenvalue weighted by atomic mass is 9.97. The number of piperidine rings is 1. The lowest BCUT2D eigenvalue weighted by Crippen LogP contribution is -2.41. The highest BCUT2D eigenvalue weighted by Crippen LogP contribution is 2.30. The summed E-state index contributed by atoms with van der Waals surface area (Å²) < 4.78 is 12.2. The summed E-state index contributed by atoms with van der Waals surface area (Å²) in [5.74, 6) is 1.89. The van der Waals surface area contributed by atoms with Gasteiger partial charge in [0.25, 0.3) is 0 Å². The third-order valence-electron chi connectivity index (χ3n) is 4.93. The van der Waals surface area contributed by atoms with Crippen LogP contribution < -0.4 is 19.7 Å². The molecule has 1 atom stereocenters. The zero-order chi connectivity index (χ0) is 19.5. The van der Waals surface area contributed by atoms with Crippen LogP contribution in [-0.4, -0.2) is 53.0 Å². The van der Waals surface area contributed by atoms with Crippen LogP contribution in [0.25, 0.3) is 5.65 Å². The number of ether oxygens (including phenoxy) is 2. The number of benzene rings is 1. The summed E-state index contributed by atoms with van der Waals surface area (Å²) in [6.07, 6.45) is 3.32. The predicted octanol–water partition coefficient (Wildman–Crippen LogP) is 2.00. The highest BCUT2D eigenvalue weighted by atomic mass is 16.5. The topological polar surface area (TPSA) is 93.9 Å². The minimum atomic E-state index is -0.140. The van der Waals surface area contributed by atoms with E-state index in [0.717, 1.165) is 25.2 Å². The molecule has 1 aliphatic heterocycles. The second-order valence-electron chi connectivity index (χ2n) is 6.67. The van der Waals surface area contributed by atoms with Gasteiger partial charge in [0.05, 0.1) is 25.8 Å². The summed E-state index contributed by atoms with van der Waals surface area (Å²) in [5.41, 5.74) is 1.33. The average molecular weight is 382 g/mol. The highest BCUT2D eigenvalue weighted by molar-refractivity contribution is 5.94. The van der Waals surface area contributed by atoms with Crippen LogP contribution in [-0.2, 0) is 4.79 Å². The lowest BCUT2D eigenvalue weighted by molar-refractivity contribution is -0.120. The van der Waals surface area contributed by atoms with E-state index >= 15 is 0 Å². The normalized spacial score (nSPS) is 16.8. The Bertz CT molecular complexity index is 989. The number of aromatic nitrogens is 4. The molecule has 0 radical (unpaired) electrons. The van der Waals surface area contributed by atoms with Gasteiger partial charge in [0.2, 0.25) is 5.91 Å². The number of anilines is 2. The van der Waals surface area contributed by atoms with Crippen LogP contribution in [0.3, 0.4) is 0 Å². The third kappa shape index (κ3) is 3.55. The number of carbonyl (C=O) groups is 1. The zero-order valence-corrected chi connectivity index (χ0v) is 15.8. The van der Waals surface area contributed by atoms with Gasteiger partial charge in [-0.3, -0.25) is 4.79 Å². The van der Waals surface area contributed by atoms with Gasteiger partial charge in [-0.25, -0.2) is 0 Å². The number of rotatable bonds is 5. The van der Waals surface area contributed by atoms with Gasteiger partial charge in [0.15, 0.2) is 5.65 Å². The first-order valence-electron chi connectivity index (χ1n) is 9.13. The summed E-state index contributed by atoms with van der Waals surface area (Å²) in [4.78, 5) is 15.0. The smallest absolute Gasteiger partial charge is 0.229 e. The number of fused-ring (bicyclic) bond motifs is 1. The summed E-state index contributed by atoms with van der Waals surface area (Å²) in [7, 11) is 3.16. The Balaban J connectivity index is 1.47. The molecule has 3 aromatic rings. The van der Waals surface area contributed by atoms with E-state index in [1.54, 1.807) is 43.3 Å². The van der Waals surface area contributed by atoms with Gasteiger partial charge in [-0.15, -0.1) is 15.3 Å². The van der Waals surface area contributed by atoms with E-state index in [1.807, 2.05) is 12.1 Å². The minimum Gasteiger partial charge on any atom is -0.497 e. The van der Waals surface area contributed by atoms with Crippen molar-refractivity contribution in [1.29, 1.82) is 0 Å². The van der Waals surface area contributed by atoms with Gasteiger partial charge >= 0.3 is 0 Å². The summed E-state index contributed by atoms with van der Waals surface area (Å²) in [5, 5.41) is 15.3. The Morgan fingerprint density at radius 2 is 2.11 bits per heavy atom. The Morgan fingerprint density at radius 3 is 2.93 bits per heavy atom. The summed E-state index contributed by atoms with van der Waals surface area (Å²) in [6.45, 7) is 1.46. The Kier molecular flexibility index (Phi) is 4.96. The molecule has 0 spiro atoms. The van der Waals surface area contributed by atoms with E-state index in [-0.39, 0.29) is 11.8 Å². The van der Waals surface area contributed by atoms with Gasteiger partial charge in [-0.1, -0.05) is 0 Å². The molecule has 0 aliphatic carbocycles. The molecule has 0 bridgehead atoms. The van der Waals surface area contributed by atoms with Gasteiger partial charge in [-0.2, -0.15) is 4.52 Å². The van der Waals surface area contributed by atoms with Crippen molar-refractivity contribution in [1.82, 2.24) is 19.8 Å². The van der Waals surface area contributed by atoms with Crippen LogP contribution in [0.2, 0.25) is 0 Å². The number of amides is 1. The van der Waals surface area contributed by atoms with Crippen molar-refractivity contribution < 1.29 is 14.3 Å². The maximum absolute atomic E-state index is 12.9. The zero-order valence-electron chi connectivity index (χ0n) is 15.8. The van der Waals surface area contributed by atoms with Crippen molar-refractivity contribution in [2.24, 2.45) is 5.92 Å². The van der Waals surface area contributed by atoms with Crippen LogP contribution in [0.1, 0.15) is 12.8 Å². The lowest BCUT2D eigenvalue weighted by Gasteiger charge is -2.32. The largest absolute Gasteiger partial charge is 0.497 e. The number of carbonyl (C=O) groups excluding carboxylic acids is 1. The maximum atomic E-state index is 12.9. The van der Waals surface area contributed by atoms with E-state index in [4.69, 9.17) is 9.47 Å². The fourth-order valence-corrected chi connectivity index (χ4v) is 3.42. The van der Waals surface area contributed by atoms with E-state index in [2.05, 4.69) is 25.5 Å². The van der Waals surface area contributed by atoms with Crippen molar-refractivity contribution in [2.45, 2.75) is 12.8 Å². The Hall–Kier alpha value is -3.36. The quantitative estimate of drug-likeness (QED) is 0.721. The van der Waals surface area contributed by atoms with Gasteiger partial charge in [-0.05, 0) is 37.1 Å². The first-order chi connectivity index (χ1) is 13.7. The number of methoxy groups -OCH3 is 2. The van der Waals surface area contributed by atoms with E-state index in [0.29, 0.717) is 29.4 Å². The van der Waals surface area contributed by atoms with E-state index in [9.17, 15) is 4.79 Å². The van der Waals surface area contributed by atoms with Gasteiger partial charge in [0.1, 0.15) is 23.6 Å². The van der Waals surface area contributed by atoms with E-state index in [1.165, 1.54) is 0 Å². The van der Waals surface area contributed by atoms with Crippen LogP contribution in [0.5, 0.6) is 11.5 Å². The molecule has 28 heavy (non-hydrogen) atoms. The molecule has 1 aromatic carbocycles. The van der Waals surface area contributed by atoms with Crippen LogP contribution in [0, 0.1) is 5.92 Å². The molecule has 1 N–H and O–H groups in total. The summed E-state index contributed by atoms with van der Waals surface area (Å²) in [6, 6.07) is 9.13. The molecular weight excluding hydrogens is 360 g/mol. The maximum Gasteiger partial charge on any atom is 0.229 e. The van der Waals surface area contributed by atoms with Crippen molar-refractivity contribution in [3.63, 3.8) is 0 Å². The molecule has 146 valence electrons. The van der Waals surface area contributed by atoms with Crippen LogP contribution in [0.15, 0.2) is 36.7 Å².